The van der Waals surface area contributed by atoms with Gasteiger partial charge in [-0.1, -0.05) is 24.3 Å². The zero-order chi connectivity index (χ0) is 18.6. The molecule has 0 aliphatic carbocycles. The Kier molecular flexibility index (Phi) is 5.54. The van der Waals surface area contributed by atoms with Gasteiger partial charge in [0.15, 0.2) is 0 Å². The summed E-state index contributed by atoms with van der Waals surface area (Å²) in [7, 11) is 0. The maximum Gasteiger partial charge on any atom is 0.364 e. The molecule has 1 aromatic carbocycles. The van der Waals surface area contributed by atoms with E-state index >= 15 is 0 Å². The number of benzene rings is 1. The fourth-order valence-electron chi connectivity index (χ4n) is 2.73. The lowest BCUT2D eigenvalue weighted by molar-refractivity contribution is -0.270. The fourth-order valence-corrected chi connectivity index (χ4v) is 2.73. The lowest BCUT2D eigenvalue weighted by Crippen LogP contribution is -2.47. The summed E-state index contributed by atoms with van der Waals surface area (Å²) in [4.78, 5) is 15.6. The average molecular weight is 357 g/mol. The highest BCUT2D eigenvalue weighted by molar-refractivity contribution is 5.75. The molecular weight excluding hydrogens is 334 g/mol. The van der Waals surface area contributed by atoms with Crippen LogP contribution in [0.15, 0.2) is 40.8 Å². The molecule has 0 radical (unpaired) electrons. The molecule has 6 heteroatoms. The van der Waals surface area contributed by atoms with Crippen LogP contribution in [0.5, 0.6) is 0 Å². The van der Waals surface area contributed by atoms with E-state index in [0.717, 1.165) is 29.9 Å². The Morgan fingerprint density at radius 3 is 2.65 bits per heavy atom. The Hall–Kier alpha value is -2.44. The van der Waals surface area contributed by atoms with E-state index < -0.39 is 11.8 Å². The van der Waals surface area contributed by atoms with Gasteiger partial charge in [0.2, 0.25) is 5.89 Å². The molecule has 1 aliphatic heterocycles. The van der Waals surface area contributed by atoms with Crippen LogP contribution in [0.4, 0.5) is 0 Å². The van der Waals surface area contributed by atoms with Gasteiger partial charge in [-0.15, -0.1) is 0 Å². The van der Waals surface area contributed by atoms with E-state index in [2.05, 4.69) is 4.98 Å². The SMILES string of the molecule is Cc1oc(-c2ccccc2)nc1/C=C\CCC1COC(C)(C(=O)O)OC1. The molecule has 2 aromatic rings. The summed E-state index contributed by atoms with van der Waals surface area (Å²) >= 11 is 0. The number of aliphatic carboxylic acids is 1. The van der Waals surface area contributed by atoms with Crippen molar-refractivity contribution in [3.63, 3.8) is 0 Å². The van der Waals surface area contributed by atoms with Gasteiger partial charge in [0.1, 0.15) is 11.5 Å². The molecule has 0 saturated carbocycles. The minimum absolute atomic E-state index is 0.186. The van der Waals surface area contributed by atoms with Crippen molar-refractivity contribution in [2.24, 2.45) is 5.92 Å². The Bertz CT molecular complexity index is 773. The molecule has 0 amide bonds. The van der Waals surface area contributed by atoms with E-state index in [4.69, 9.17) is 19.0 Å². The number of nitrogens with zero attached hydrogens (tertiary/aromatic N) is 1. The highest BCUT2D eigenvalue weighted by Gasteiger charge is 2.40. The second-order valence-corrected chi connectivity index (χ2v) is 6.55. The molecule has 2 heterocycles. The van der Waals surface area contributed by atoms with Crippen LogP contribution in [0.2, 0.25) is 0 Å². The van der Waals surface area contributed by atoms with Crippen LogP contribution in [-0.4, -0.2) is 35.1 Å². The van der Waals surface area contributed by atoms with E-state index in [1.807, 2.05) is 49.4 Å². The molecule has 138 valence electrons. The number of hydrogen-bond donors (Lipinski definition) is 1. The highest BCUT2D eigenvalue weighted by atomic mass is 16.7. The molecular formula is C20H23NO5. The number of allylic oxidation sites excluding steroid dienone is 1. The minimum atomic E-state index is -1.52. The average Bonchev–Trinajstić information content (AvgIpc) is 3.02. The third-order valence-corrected chi connectivity index (χ3v) is 4.45. The first-order valence-electron chi connectivity index (χ1n) is 8.68. The smallest absolute Gasteiger partial charge is 0.364 e. The summed E-state index contributed by atoms with van der Waals surface area (Å²) in [6, 6.07) is 9.79. The minimum Gasteiger partial charge on any atom is -0.477 e. The van der Waals surface area contributed by atoms with Crippen LogP contribution >= 0.6 is 0 Å². The number of carboxylic acid groups (broad SMARTS) is 1. The molecule has 3 rings (SSSR count). The number of aromatic nitrogens is 1. The standard InChI is InChI=1S/C20H23NO5/c1-14-17(21-18(26-14)16-9-4-3-5-10-16)11-7-6-8-15-12-24-20(2,19(22)23)25-13-15/h3-5,7,9-11,15H,6,8,12-13H2,1-2H3,(H,22,23)/b11-7-. The molecule has 1 saturated heterocycles. The Balaban J connectivity index is 1.51. The van der Waals surface area contributed by atoms with Crippen molar-refractivity contribution >= 4 is 12.0 Å². The second-order valence-electron chi connectivity index (χ2n) is 6.55. The maximum atomic E-state index is 11.1. The van der Waals surface area contributed by atoms with Crippen LogP contribution in [-0.2, 0) is 14.3 Å². The molecule has 0 spiro atoms. The van der Waals surface area contributed by atoms with Gasteiger partial charge in [-0.2, -0.15) is 0 Å². The van der Waals surface area contributed by atoms with Crippen molar-refractivity contribution in [2.75, 3.05) is 13.2 Å². The van der Waals surface area contributed by atoms with Gasteiger partial charge in [0, 0.05) is 18.4 Å². The summed E-state index contributed by atoms with van der Waals surface area (Å²) in [5.74, 6) is -1.03. The third-order valence-electron chi connectivity index (χ3n) is 4.45. The summed E-state index contributed by atoms with van der Waals surface area (Å²) in [5.41, 5.74) is 1.77. The molecule has 1 aliphatic rings. The van der Waals surface area contributed by atoms with Gasteiger partial charge in [-0.3, -0.25) is 0 Å². The number of carbonyl (C=O) groups is 1. The van der Waals surface area contributed by atoms with Crippen molar-refractivity contribution in [1.82, 2.24) is 4.98 Å². The Morgan fingerprint density at radius 1 is 1.31 bits per heavy atom. The molecule has 1 N–H and O–H groups in total. The van der Waals surface area contributed by atoms with Gasteiger partial charge in [-0.25, -0.2) is 9.78 Å². The zero-order valence-electron chi connectivity index (χ0n) is 15.0. The summed E-state index contributed by atoms with van der Waals surface area (Å²) in [6.45, 7) is 4.10. The second kappa shape index (κ2) is 7.85. The molecule has 0 atom stereocenters. The fraction of sp³-hybridized carbons (Fsp3) is 0.400. The maximum absolute atomic E-state index is 11.1. The number of rotatable bonds is 6. The van der Waals surface area contributed by atoms with Crippen LogP contribution in [0.25, 0.3) is 17.5 Å². The van der Waals surface area contributed by atoms with Crippen LogP contribution < -0.4 is 0 Å². The Morgan fingerprint density at radius 2 is 2.00 bits per heavy atom. The molecule has 1 aromatic heterocycles. The van der Waals surface area contributed by atoms with Gasteiger partial charge in [-0.05, 0) is 38.0 Å². The predicted molar refractivity (Wildman–Crippen MR) is 96.4 cm³/mol. The van der Waals surface area contributed by atoms with E-state index in [9.17, 15) is 4.79 Å². The van der Waals surface area contributed by atoms with Gasteiger partial charge < -0.3 is 19.0 Å². The summed E-state index contributed by atoms with van der Waals surface area (Å²) < 4.78 is 16.4. The van der Waals surface area contributed by atoms with Crippen LogP contribution in [0.1, 0.15) is 31.2 Å². The first-order chi connectivity index (χ1) is 12.5. The van der Waals surface area contributed by atoms with Crippen LogP contribution in [0.3, 0.4) is 0 Å². The van der Waals surface area contributed by atoms with Gasteiger partial charge in [0.05, 0.1) is 13.2 Å². The normalized spacial score (nSPS) is 23.4. The zero-order valence-corrected chi connectivity index (χ0v) is 15.0. The van der Waals surface area contributed by atoms with Crippen molar-refractivity contribution < 1.29 is 23.8 Å². The summed E-state index contributed by atoms with van der Waals surface area (Å²) in [5, 5.41) is 9.06. The van der Waals surface area contributed by atoms with Crippen molar-refractivity contribution in [1.29, 1.82) is 0 Å². The quantitative estimate of drug-likeness (QED) is 0.844. The number of aryl methyl sites for hydroxylation is 1. The lowest BCUT2D eigenvalue weighted by Gasteiger charge is -2.34. The number of carboxylic acids is 1. The van der Waals surface area contributed by atoms with E-state index in [0.29, 0.717) is 19.1 Å². The molecule has 0 unspecified atom stereocenters. The largest absolute Gasteiger partial charge is 0.477 e. The first kappa shape index (κ1) is 18.4. The predicted octanol–water partition coefficient (Wildman–Crippen LogP) is 3.91. The van der Waals surface area contributed by atoms with Crippen molar-refractivity contribution in [3.8, 4) is 11.5 Å². The highest BCUT2D eigenvalue weighted by Crippen LogP contribution is 2.25. The number of oxazole rings is 1. The van der Waals surface area contributed by atoms with E-state index in [1.54, 1.807) is 0 Å². The lowest BCUT2D eigenvalue weighted by atomic mass is 10.0. The monoisotopic (exact) mass is 357 g/mol. The number of hydrogen-bond acceptors (Lipinski definition) is 5. The topological polar surface area (TPSA) is 81.8 Å². The van der Waals surface area contributed by atoms with Gasteiger partial charge >= 0.3 is 5.97 Å². The van der Waals surface area contributed by atoms with E-state index in [1.165, 1.54) is 6.92 Å². The summed E-state index contributed by atoms with van der Waals surface area (Å²) in [6.07, 6.45) is 5.69. The molecule has 26 heavy (non-hydrogen) atoms. The van der Waals surface area contributed by atoms with E-state index in [-0.39, 0.29) is 5.92 Å². The Labute approximate surface area is 152 Å². The third kappa shape index (κ3) is 4.20. The number of ether oxygens (including phenoxy) is 2. The molecule has 1 fully saturated rings. The first-order valence-corrected chi connectivity index (χ1v) is 8.68. The molecule has 0 bridgehead atoms. The van der Waals surface area contributed by atoms with Gasteiger partial charge in [0.25, 0.3) is 5.79 Å². The molecule has 6 nitrogen and oxygen atoms in total. The van der Waals surface area contributed by atoms with Crippen LogP contribution in [0, 0.1) is 12.8 Å². The van der Waals surface area contributed by atoms with Crippen molar-refractivity contribution in [2.45, 2.75) is 32.5 Å². The van der Waals surface area contributed by atoms with Crippen molar-refractivity contribution in [3.05, 3.63) is 47.9 Å².